The number of rotatable bonds is 9. The highest BCUT2D eigenvalue weighted by Gasteiger charge is 2.63. The second kappa shape index (κ2) is 12.3. The van der Waals surface area contributed by atoms with Gasteiger partial charge in [0, 0.05) is 13.2 Å². The lowest BCUT2D eigenvalue weighted by molar-refractivity contribution is -0.219. The van der Waals surface area contributed by atoms with Gasteiger partial charge in [-0.25, -0.2) is 9.59 Å². The number of ether oxygens (including phenoxy) is 4. The summed E-state index contributed by atoms with van der Waals surface area (Å²) in [5, 5.41) is 0. The molecule has 42 heavy (non-hydrogen) atoms. The van der Waals surface area contributed by atoms with E-state index in [1.807, 2.05) is 88.4 Å². The van der Waals surface area contributed by atoms with Crippen LogP contribution < -0.4 is 0 Å². The van der Waals surface area contributed by atoms with Crippen molar-refractivity contribution in [3.05, 3.63) is 143 Å². The van der Waals surface area contributed by atoms with Crippen LogP contribution >= 0.6 is 0 Å². The summed E-state index contributed by atoms with van der Waals surface area (Å²) in [7, 11) is 0. The van der Waals surface area contributed by atoms with E-state index in [0.717, 1.165) is 22.3 Å². The second-order valence-electron chi connectivity index (χ2n) is 10.5. The summed E-state index contributed by atoms with van der Waals surface area (Å²) in [6.45, 7) is 8.30. The maximum atomic E-state index is 13.8. The van der Waals surface area contributed by atoms with Gasteiger partial charge in [-0.2, -0.15) is 0 Å². The van der Waals surface area contributed by atoms with E-state index in [1.54, 1.807) is 48.5 Å². The van der Waals surface area contributed by atoms with Gasteiger partial charge in [0.15, 0.2) is 17.8 Å². The Hall–Kier alpha value is -4.26. The molecule has 5 rings (SSSR count). The molecule has 4 atom stereocenters. The molecule has 6 heteroatoms. The lowest BCUT2D eigenvalue weighted by Crippen LogP contribution is -2.64. The first kappa shape index (κ1) is 29.2. The molecule has 0 amide bonds. The average molecular weight is 565 g/mol. The monoisotopic (exact) mass is 564 g/mol. The largest absolute Gasteiger partial charge is 0.451 e. The average Bonchev–Trinajstić information content (AvgIpc) is 3.02. The number of carbonyl (C=O) groups excluding carboxylic acids is 2. The fraction of sp³-hybridized carbons (Fsp3) is 0.278. The molecule has 0 radical (unpaired) electrons. The van der Waals surface area contributed by atoms with Crippen molar-refractivity contribution in [2.24, 2.45) is 0 Å². The molecule has 0 bridgehead atoms. The maximum Gasteiger partial charge on any atom is 0.338 e. The summed E-state index contributed by atoms with van der Waals surface area (Å²) in [6, 6.07) is 33.2. The third kappa shape index (κ3) is 5.13. The number of fused-ring (bicyclic) bond motifs is 1. The number of hydrogen-bond acceptors (Lipinski definition) is 6. The van der Waals surface area contributed by atoms with E-state index in [1.165, 1.54) is 0 Å². The Morgan fingerprint density at radius 3 is 1.57 bits per heavy atom. The molecule has 4 aromatic rings. The molecule has 0 N–H and O–H groups in total. The van der Waals surface area contributed by atoms with Crippen molar-refractivity contribution in [1.29, 1.82) is 0 Å². The summed E-state index contributed by atoms with van der Waals surface area (Å²) < 4.78 is 26.1. The molecule has 4 aromatic carbocycles. The first-order valence-corrected chi connectivity index (χ1v) is 14.3. The fourth-order valence-electron chi connectivity index (χ4n) is 6.10. The Morgan fingerprint density at radius 2 is 1.05 bits per heavy atom. The SMILES string of the molecule is CCOC1(C)c2ccccc2C(OCC)(c2ccccc2C)C(OC(=O)c2ccccc2)C1OC(=O)c1ccccc1. The van der Waals surface area contributed by atoms with Gasteiger partial charge >= 0.3 is 11.9 Å². The van der Waals surface area contributed by atoms with Crippen LogP contribution in [0.4, 0.5) is 0 Å². The number of benzene rings is 4. The third-order valence-corrected chi connectivity index (χ3v) is 7.93. The van der Waals surface area contributed by atoms with Crippen LogP contribution in [0.1, 0.15) is 63.7 Å². The molecule has 0 heterocycles. The zero-order valence-electron chi connectivity index (χ0n) is 24.4. The Kier molecular flexibility index (Phi) is 8.57. The number of hydrogen-bond donors (Lipinski definition) is 0. The van der Waals surface area contributed by atoms with Crippen molar-refractivity contribution in [2.45, 2.75) is 51.1 Å². The van der Waals surface area contributed by atoms with Gasteiger partial charge in [0.1, 0.15) is 5.60 Å². The summed E-state index contributed by atoms with van der Waals surface area (Å²) >= 11 is 0. The van der Waals surface area contributed by atoms with Gasteiger partial charge in [-0.1, -0.05) is 84.9 Å². The predicted molar refractivity (Wildman–Crippen MR) is 160 cm³/mol. The van der Waals surface area contributed by atoms with Crippen LogP contribution in [-0.2, 0) is 30.1 Å². The normalized spacial score (nSPS) is 23.0. The summed E-state index contributed by atoms with van der Waals surface area (Å²) in [6.07, 6.45) is -2.20. The van der Waals surface area contributed by atoms with E-state index >= 15 is 0 Å². The zero-order chi connectivity index (χ0) is 29.7. The lowest BCUT2D eigenvalue weighted by Gasteiger charge is -2.54. The molecule has 0 fully saturated rings. The highest BCUT2D eigenvalue weighted by atomic mass is 16.6. The summed E-state index contributed by atoms with van der Waals surface area (Å²) in [5.41, 5.74) is 1.58. The second-order valence-corrected chi connectivity index (χ2v) is 10.5. The molecule has 1 aliphatic rings. The van der Waals surface area contributed by atoms with Gasteiger partial charge in [-0.05, 0) is 74.2 Å². The first-order chi connectivity index (χ1) is 20.4. The van der Waals surface area contributed by atoms with Crippen molar-refractivity contribution >= 4 is 11.9 Å². The van der Waals surface area contributed by atoms with Crippen molar-refractivity contribution in [1.82, 2.24) is 0 Å². The van der Waals surface area contributed by atoms with E-state index in [0.29, 0.717) is 24.3 Å². The molecule has 0 saturated heterocycles. The minimum Gasteiger partial charge on any atom is -0.451 e. The van der Waals surface area contributed by atoms with Crippen molar-refractivity contribution < 1.29 is 28.5 Å². The van der Waals surface area contributed by atoms with Gasteiger partial charge in [-0.15, -0.1) is 0 Å². The minimum atomic E-state index is -1.32. The smallest absolute Gasteiger partial charge is 0.338 e. The number of esters is 2. The Labute approximate surface area is 247 Å². The first-order valence-electron chi connectivity index (χ1n) is 14.3. The number of aryl methyl sites for hydroxylation is 1. The van der Waals surface area contributed by atoms with Crippen LogP contribution in [0.5, 0.6) is 0 Å². The highest BCUT2D eigenvalue weighted by Crippen LogP contribution is 2.54. The van der Waals surface area contributed by atoms with Crippen LogP contribution in [0.25, 0.3) is 0 Å². The molecule has 0 aromatic heterocycles. The van der Waals surface area contributed by atoms with Crippen LogP contribution in [-0.4, -0.2) is 37.4 Å². The molecule has 0 aliphatic heterocycles. The standard InChI is InChI=1S/C36H36O6/c1-5-39-35(4)29-23-15-16-24-30(29)36(40-6-2,28-22-14-13-17-25(28)3)32(42-34(38)27-20-11-8-12-21-27)31(35)41-33(37)26-18-9-7-10-19-26/h7-24,31-32H,5-6H2,1-4H3. The Balaban J connectivity index is 1.80. The topological polar surface area (TPSA) is 71.1 Å². The van der Waals surface area contributed by atoms with Crippen LogP contribution in [0.15, 0.2) is 109 Å². The van der Waals surface area contributed by atoms with Crippen LogP contribution in [0.2, 0.25) is 0 Å². The van der Waals surface area contributed by atoms with Gasteiger partial charge in [0.2, 0.25) is 0 Å². The highest BCUT2D eigenvalue weighted by molar-refractivity contribution is 5.90. The molecule has 1 aliphatic carbocycles. The molecular weight excluding hydrogens is 528 g/mol. The van der Waals surface area contributed by atoms with Crippen LogP contribution in [0, 0.1) is 6.92 Å². The van der Waals surface area contributed by atoms with Crippen molar-refractivity contribution in [2.75, 3.05) is 13.2 Å². The fourth-order valence-corrected chi connectivity index (χ4v) is 6.10. The summed E-state index contributed by atoms with van der Waals surface area (Å²) in [5.74, 6) is -1.11. The van der Waals surface area contributed by atoms with Crippen LogP contribution in [0.3, 0.4) is 0 Å². The van der Waals surface area contributed by atoms with Gasteiger partial charge < -0.3 is 18.9 Å². The molecule has 216 valence electrons. The predicted octanol–water partition coefficient (Wildman–Crippen LogP) is 6.99. The zero-order valence-corrected chi connectivity index (χ0v) is 24.4. The third-order valence-electron chi connectivity index (χ3n) is 7.93. The Morgan fingerprint density at radius 1 is 0.595 bits per heavy atom. The molecule has 6 nitrogen and oxygen atoms in total. The van der Waals surface area contributed by atoms with Gasteiger partial charge in [0.05, 0.1) is 11.1 Å². The van der Waals surface area contributed by atoms with E-state index in [-0.39, 0.29) is 0 Å². The van der Waals surface area contributed by atoms with Gasteiger partial charge in [0.25, 0.3) is 0 Å². The Bertz CT molecular complexity index is 1540. The van der Waals surface area contributed by atoms with Crippen molar-refractivity contribution in [3.8, 4) is 0 Å². The molecular formula is C36H36O6. The number of carbonyl (C=O) groups is 2. The molecule has 0 saturated carbocycles. The lowest BCUT2D eigenvalue weighted by atomic mass is 9.64. The molecule has 0 spiro atoms. The molecule has 4 unspecified atom stereocenters. The summed E-state index contributed by atoms with van der Waals surface area (Å²) in [4.78, 5) is 27.6. The van der Waals surface area contributed by atoms with Gasteiger partial charge in [-0.3, -0.25) is 0 Å². The van der Waals surface area contributed by atoms with E-state index in [9.17, 15) is 9.59 Å². The maximum absolute atomic E-state index is 13.8. The van der Waals surface area contributed by atoms with Crippen molar-refractivity contribution in [3.63, 3.8) is 0 Å². The van der Waals surface area contributed by atoms with E-state index < -0.39 is 35.3 Å². The van der Waals surface area contributed by atoms with E-state index in [4.69, 9.17) is 18.9 Å². The quantitative estimate of drug-likeness (QED) is 0.204. The van der Waals surface area contributed by atoms with E-state index in [2.05, 4.69) is 0 Å². The minimum absolute atomic E-state index is 0.298.